The molecule has 0 aliphatic heterocycles. The molecule has 4 N–H and O–H groups in total. The third kappa shape index (κ3) is 3.32. The molecule has 2 rings (SSSR count). The van der Waals surface area contributed by atoms with E-state index in [1.807, 2.05) is 0 Å². The van der Waals surface area contributed by atoms with Crippen LogP contribution in [0.3, 0.4) is 0 Å². The molecular formula is C10H13N5O3S. The summed E-state index contributed by atoms with van der Waals surface area (Å²) >= 11 is 1.23. The molecule has 0 bridgehead atoms. The lowest BCUT2D eigenvalue weighted by Crippen LogP contribution is -2.26. The van der Waals surface area contributed by atoms with Gasteiger partial charge in [0.25, 0.3) is 10.8 Å². The maximum absolute atomic E-state index is 11.6. The standard InChI is InChI=1S/C10H13N5O3S/c1-5-6(8(16)13-9(17)12-5)4-19-10-15-14-7(18-10)2-3-11/h2-4,11H2,1H3,(H2,12,13,16,17). The zero-order valence-corrected chi connectivity index (χ0v) is 11.0. The van der Waals surface area contributed by atoms with E-state index < -0.39 is 11.2 Å². The van der Waals surface area contributed by atoms with Gasteiger partial charge in [-0.05, 0) is 6.92 Å². The maximum atomic E-state index is 11.6. The molecule has 0 aliphatic carbocycles. The van der Waals surface area contributed by atoms with Crippen LogP contribution in [0.25, 0.3) is 0 Å². The Kier molecular flexibility index (Phi) is 4.17. The normalized spacial score (nSPS) is 10.8. The van der Waals surface area contributed by atoms with E-state index >= 15 is 0 Å². The van der Waals surface area contributed by atoms with Crippen LogP contribution in [0.1, 0.15) is 17.1 Å². The second-order valence-corrected chi connectivity index (χ2v) is 4.73. The Morgan fingerprint density at radius 2 is 2.11 bits per heavy atom. The Morgan fingerprint density at radius 3 is 2.79 bits per heavy atom. The predicted molar refractivity (Wildman–Crippen MR) is 69.0 cm³/mol. The monoisotopic (exact) mass is 283 g/mol. The van der Waals surface area contributed by atoms with Gasteiger partial charge in [0.1, 0.15) is 0 Å². The molecule has 2 aromatic rings. The third-order valence-corrected chi connectivity index (χ3v) is 3.25. The summed E-state index contributed by atoms with van der Waals surface area (Å²) in [5.41, 5.74) is 5.46. The molecule has 0 aromatic carbocycles. The smallest absolute Gasteiger partial charge is 0.325 e. The summed E-state index contributed by atoms with van der Waals surface area (Å²) < 4.78 is 5.33. The summed E-state index contributed by atoms with van der Waals surface area (Å²) in [4.78, 5) is 27.4. The predicted octanol–water partition coefficient (Wildman–Crippen LogP) is -0.452. The summed E-state index contributed by atoms with van der Waals surface area (Å²) in [6.45, 7) is 2.10. The average molecular weight is 283 g/mol. The number of aryl methyl sites for hydroxylation is 1. The number of hydrogen-bond donors (Lipinski definition) is 3. The molecule has 0 fully saturated rings. The molecule has 0 atom stereocenters. The van der Waals surface area contributed by atoms with Crippen molar-refractivity contribution in [3.63, 3.8) is 0 Å². The van der Waals surface area contributed by atoms with E-state index in [0.717, 1.165) is 0 Å². The third-order valence-electron chi connectivity index (χ3n) is 2.40. The minimum Gasteiger partial charge on any atom is -0.416 e. The molecular weight excluding hydrogens is 270 g/mol. The number of aromatic amines is 2. The molecule has 0 unspecified atom stereocenters. The fraction of sp³-hybridized carbons (Fsp3) is 0.400. The molecule has 2 heterocycles. The van der Waals surface area contributed by atoms with Crippen molar-refractivity contribution in [3.8, 4) is 0 Å². The SMILES string of the molecule is Cc1[nH]c(=O)[nH]c(=O)c1CSc1nnc(CCN)o1. The lowest BCUT2D eigenvalue weighted by Gasteiger charge is -2.01. The van der Waals surface area contributed by atoms with Gasteiger partial charge in [0.05, 0.1) is 0 Å². The lowest BCUT2D eigenvalue weighted by atomic mass is 10.3. The van der Waals surface area contributed by atoms with Crippen LogP contribution in [0.2, 0.25) is 0 Å². The van der Waals surface area contributed by atoms with E-state index in [4.69, 9.17) is 10.2 Å². The molecule has 0 aliphatic rings. The van der Waals surface area contributed by atoms with Gasteiger partial charge >= 0.3 is 5.69 Å². The van der Waals surface area contributed by atoms with E-state index in [1.54, 1.807) is 6.92 Å². The van der Waals surface area contributed by atoms with Gasteiger partial charge in [0.2, 0.25) is 5.89 Å². The van der Waals surface area contributed by atoms with Gasteiger partial charge in [0, 0.05) is 30.0 Å². The Labute approximate surface area is 111 Å². The van der Waals surface area contributed by atoms with E-state index in [0.29, 0.717) is 41.1 Å². The zero-order valence-electron chi connectivity index (χ0n) is 10.2. The second kappa shape index (κ2) is 5.85. The van der Waals surface area contributed by atoms with Crippen molar-refractivity contribution in [1.29, 1.82) is 0 Å². The van der Waals surface area contributed by atoms with Gasteiger partial charge in [-0.2, -0.15) is 0 Å². The van der Waals surface area contributed by atoms with Crippen LogP contribution in [-0.4, -0.2) is 26.7 Å². The molecule has 2 aromatic heterocycles. The first-order valence-electron chi connectivity index (χ1n) is 5.57. The molecule has 8 nitrogen and oxygen atoms in total. The van der Waals surface area contributed by atoms with Crippen molar-refractivity contribution in [2.75, 3.05) is 6.54 Å². The fourth-order valence-corrected chi connectivity index (χ4v) is 2.32. The van der Waals surface area contributed by atoms with Gasteiger partial charge in [0.15, 0.2) is 0 Å². The van der Waals surface area contributed by atoms with E-state index in [9.17, 15) is 9.59 Å². The molecule has 19 heavy (non-hydrogen) atoms. The molecule has 9 heteroatoms. The van der Waals surface area contributed by atoms with Crippen molar-refractivity contribution in [1.82, 2.24) is 20.2 Å². The van der Waals surface area contributed by atoms with Crippen LogP contribution >= 0.6 is 11.8 Å². The summed E-state index contributed by atoms with van der Waals surface area (Å²) in [5.74, 6) is 0.805. The van der Waals surface area contributed by atoms with Crippen LogP contribution in [0.4, 0.5) is 0 Å². The number of aromatic nitrogens is 4. The van der Waals surface area contributed by atoms with Crippen molar-refractivity contribution in [2.24, 2.45) is 5.73 Å². The number of nitrogens with one attached hydrogen (secondary N) is 2. The Hall–Kier alpha value is -1.87. The highest BCUT2D eigenvalue weighted by atomic mass is 32.2. The van der Waals surface area contributed by atoms with E-state index in [-0.39, 0.29) is 0 Å². The number of thioether (sulfide) groups is 1. The first-order chi connectivity index (χ1) is 9.10. The minimum absolute atomic E-state index is 0.336. The average Bonchev–Trinajstić information content (AvgIpc) is 2.76. The Balaban J connectivity index is 2.10. The minimum atomic E-state index is -0.515. The van der Waals surface area contributed by atoms with Gasteiger partial charge in [-0.15, -0.1) is 10.2 Å². The van der Waals surface area contributed by atoms with Crippen LogP contribution in [-0.2, 0) is 12.2 Å². The lowest BCUT2D eigenvalue weighted by molar-refractivity contribution is 0.414. The van der Waals surface area contributed by atoms with Crippen molar-refractivity contribution >= 4 is 11.8 Å². The molecule has 0 saturated carbocycles. The fourth-order valence-electron chi connectivity index (χ4n) is 1.45. The molecule has 102 valence electrons. The number of rotatable bonds is 5. The molecule has 0 radical (unpaired) electrons. The van der Waals surface area contributed by atoms with Crippen LogP contribution < -0.4 is 17.0 Å². The Morgan fingerprint density at radius 1 is 1.32 bits per heavy atom. The van der Waals surface area contributed by atoms with Crippen LogP contribution in [0.15, 0.2) is 19.2 Å². The number of nitrogens with zero attached hydrogens (tertiary/aromatic N) is 2. The summed E-state index contributed by atoms with van der Waals surface area (Å²) in [6.07, 6.45) is 0.520. The molecule has 0 amide bonds. The summed E-state index contributed by atoms with van der Waals surface area (Å²) in [5, 5.41) is 8.02. The maximum Gasteiger partial charge on any atom is 0.325 e. The van der Waals surface area contributed by atoms with Crippen molar-refractivity contribution < 1.29 is 4.42 Å². The van der Waals surface area contributed by atoms with Crippen LogP contribution in [0, 0.1) is 6.92 Å². The highest BCUT2D eigenvalue weighted by Crippen LogP contribution is 2.20. The van der Waals surface area contributed by atoms with E-state index in [2.05, 4.69) is 20.2 Å². The highest BCUT2D eigenvalue weighted by Gasteiger charge is 2.10. The highest BCUT2D eigenvalue weighted by molar-refractivity contribution is 7.98. The number of H-pyrrole nitrogens is 2. The summed E-state index contributed by atoms with van der Waals surface area (Å²) in [6, 6.07) is 0. The number of nitrogens with two attached hydrogens (primary N) is 1. The van der Waals surface area contributed by atoms with E-state index in [1.165, 1.54) is 11.8 Å². The van der Waals surface area contributed by atoms with Crippen LogP contribution in [0.5, 0.6) is 0 Å². The van der Waals surface area contributed by atoms with Crippen molar-refractivity contribution in [3.05, 3.63) is 38.0 Å². The number of hydrogen-bond acceptors (Lipinski definition) is 7. The second-order valence-electron chi connectivity index (χ2n) is 3.80. The Bertz CT molecular complexity index is 674. The van der Waals surface area contributed by atoms with Gasteiger partial charge < -0.3 is 15.1 Å². The zero-order chi connectivity index (χ0) is 13.8. The largest absolute Gasteiger partial charge is 0.416 e. The molecule has 0 spiro atoms. The van der Waals surface area contributed by atoms with Gasteiger partial charge in [-0.1, -0.05) is 11.8 Å². The molecule has 0 saturated heterocycles. The quantitative estimate of drug-likeness (QED) is 0.633. The topological polar surface area (TPSA) is 131 Å². The summed E-state index contributed by atoms with van der Waals surface area (Å²) in [7, 11) is 0. The van der Waals surface area contributed by atoms with Crippen molar-refractivity contribution in [2.45, 2.75) is 24.3 Å². The first-order valence-corrected chi connectivity index (χ1v) is 6.56. The first kappa shape index (κ1) is 13.6. The van der Waals surface area contributed by atoms with Gasteiger partial charge in [-0.3, -0.25) is 9.78 Å². The van der Waals surface area contributed by atoms with Gasteiger partial charge in [-0.25, -0.2) is 4.79 Å².